The summed E-state index contributed by atoms with van der Waals surface area (Å²) < 4.78 is 0. The summed E-state index contributed by atoms with van der Waals surface area (Å²) in [5, 5.41) is 10.6. The molecular formula is C15H26N2OS. The number of hydrogen-bond acceptors (Lipinski definition) is 4. The van der Waals surface area contributed by atoms with Crippen molar-refractivity contribution in [2.75, 3.05) is 18.0 Å². The minimum Gasteiger partial charge on any atom is -0.391 e. The third kappa shape index (κ3) is 3.29. The van der Waals surface area contributed by atoms with E-state index in [1.54, 1.807) is 11.3 Å². The molecule has 1 aliphatic rings. The maximum Gasteiger partial charge on any atom is 0.185 e. The van der Waals surface area contributed by atoms with Gasteiger partial charge >= 0.3 is 0 Å². The van der Waals surface area contributed by atoms with Crippen molar-refractivity contribution in [3.05, 3.63) is 10.6 Å². The van der Waals surface area contributed by atoms with Crippen LogP contribution in [0.4, 0.5) is 5.13 Å². The predicted molar refractivity (Wildman–Crippen MR) is 82.0 cm³/mol. The summed E-state index contributed by atoms with van der Waals surface area (Å²) in [6.45, 7) is 11.1. The molecule has 0 aliphatic carbocycles. The lowest BCUT2D eigenvalue weighted by atomic mass is 9.91. The van der Waals surface area contributed by atoms with Crippen LogP contribution in [-0.4, -0.2) is 23.2 Å². The minimum atomic E-state index is 0.00928. The van der Waals surface area contributed by atoms with Crippen LogP contribution in [0.2, 0.25) is 0 Å². The van der Waals surface area contributed by atoms with E-state index in [0.717, 1.165) is 34.7 Å². The molecular weight excluding hydrogens is 256 g/mol. The zero-order valence-corrected chi connectivity index (χ0v) is 13.4. The van der Waals surface area contributed by atoms with Gasteiger partial charge in [0, 0.05) is 18.5 Å². The first-order valence-corrected chi connectivity index (χ1v) is 8.13. The fraction of sp³-hybridized carbons (Fsp3) is 0.800. The highest BCUT2D eigenvalue weighted by Crippen LogP contribution is 2.36. The van der Waals surface area contributed by atoms with Crippen LogP contribution in [-0.2, 0) is 12.0 Å². The average molecular weight is 282 g/mol. The van der Waals surface area contributed by atoms with Crippen LogP contribution in [0.3, 0.4) is 0 Å². The number of nitrogens with zero attached hydrogens (tertiary/aromatic N) is 2. The number of thiazole rings is 1. The Morgan fingerprint density at radius 3 is 2.68 bits per heavy atom. The first-order valence-electron chi connectivity index (χ1n) is 7.31. The second kappa shape index (κ2) is 5.80. The summed E-state index contributed by atoms with van der Waals surface area (Å²) in [7, 11) is 0. The van der Waals surface area contributed by atoms with Gasteiger partial charge in [0.2, 0.25) is 0 Å². The van der Waals surface area contributed by atoms with Crippen molar-refractivity contribution in [2.45, 2.75) is 59.0 Å². The van der Waals surface area contributed by atoms with Crippen molar-refractivity contribution in [3.8, 4) is 0 Å². The molecule has 2 rings (SSSR count). The Hall–Kier alpha value is -0.610. The van der Waals surface area contributed by atoms with Crippen LogP contribution >= 0.6 is 11.3 Å². The minimum absolute atomic E-state index is 0.00928. The summed E-state index contributed by atoms with van der Waals surface area (Å²) >= 11 is 1.67. The number of rotatable bonds is 4. The molecule has 1 aromatic rings. The number of aliphatic hydroxyl groups is 1. The van der Waals surface area contributed by atoms with E-state index in [2.05, 4.69) is 32.6 Å². The Labute approximate surface area is 120 Å². The zero-order chi connectivity index (χ0) is 14.0. The highest BCUT2D eigenvalue weighted by molar-refractivity contribution is 7.15. The fourth-order valence-corrected chi connectivity index (χ4v) is 3.98. The van der Waals surface area contributed by atoms with Gasteiger partial charge in [-0.25, -0.2) is 4.98 Å². The van der Waals surface area contributed by atoms with Crippen LogP contribution in [0.15, 0.2) is 0 Å². The van der Waals surface area contributed by atoms with Gasteiger partial charge in [0.05, 0.1) is 17.2 Å². The zero-order valence-electron chi connectivity index (χ0n) is 12.6. The lowest BCUT2D eigenvalue weighted by molar-refractivity contribution is 0.282. The summed E-state index contributed by atoms with van der Waals surface area (Å²) in [6, 6.07) is 0. The van der Waals surface area contributed by atoms with Crippen LogP contribution in [0.1, 0.15) is 57.5 Å². The van der Waals surface area contributed by atoms with Crippen LogP contribution in [0.5, 0.6) is 0 Å². The second-order valence-corrected chi connectivity index (χ2v) is 7.63. The van der Waals surface area contributed by atoms with Crippen LogP contribution < -0.4 is 4.90 Å². The lowest BCUT2D eigenvalue weighted by Gasteiger charge is -2.17. The van der Waals surface area contributed by atoms with Crippen LogP contribution in [0.25, 0.3) is 0 Å². The molecule has 2 heterocycles. The molecule has 0 radical (unpaired) electrons. The lowest BCUT2D eigenvalue weighted by Crippen LogP contribution is -2.20. The smallest absolute Gasteiger partial charge is 0.185 e. The third-order valence-electron chi connectivity index (χ3n) is 3.79. The molecule has 4 heteroatoms. The number of aliphatic hydroxyl groups excluding tert-OH is 1. The Kier molecular flexibility index (Phi) is 4.51. The van der Waals surface area contributed by atoms with Gasteiger partial charge in [-0.15, -0.1) is 0 Å². The molecule has 0 bridgehead atoms. The Morgan fingerprint density at radius 1 is 1.42 bits per heavy atom. The van der Waals surface area contributed by atoms with Gasteiger partial charge in [-0.05, 0) is 18.8 Å². The molecule has 108 valence electrons. The molecule has 0 spiro atoms. The van der Waals surface area contributed by atoms with E-state index in [0.29, 0.717) is 0 Å². The molecule has 0 aromatic carbocycles. The molecule has 1 saturated heterocycles. The molecule has 1 N–H and O–H groups in total. The number of anilines is 1. The largest absolute Gasteiger partial charge is 0.391 e. The standard InChI is InChI=1S/C15H26N2OS/c1-5-6-11-7-8-17(9-11)14-16-13(15(2,3)4)12(10-18)19-14/h11,18H,5-10H2,1-4H3. The van der Waals surface area contributed by atoms with E-state index >= 15 is 0 Å². The molecule has 19 heavy (non-hydrogen) atoms. The van der Waals surface area contributed by atoms with Gasteiger partial charge < -0.3 is 10.0 Å². The maximum absolute atomic E-state index is 9.53. The highest BCUT2D eigenvalue weighted by Gasteiger charge is 2.28. The van der Waals surface area contributed by atoms with Gasteiger partial charge in [-0.3, -0.25) is 0 Å². The summed E-state index contributed by atoms with van der Waals surface area (Å²) in [4.78, 5) is 8.24. The fourth-order valence-electron chi connectivity index (χ4n) is 2.82. The molecule has 1 unspecified atom stereocenters. The Bertz CT molecular complexity index is 422. The first-order chi connectivity index (χ1) is 8.95. The molecule has 3 nitrogen and oxygen atoms in total. The van der Waals surface area contributed by atoms with Crippen molar-refractivity contribution in [1.29, 1.82) is 0 Å². The van der Waals surface area contributed by atoms with Gasteiger partial charge in [0.15, 0.2) is 5.13 Å². The van der Waals surface area contributed by atoms with Crippen molar-refractivity contribution >= 4 is 16.5 Å². The average Bonchev–Trinajstić information content (AvgIpc) is 2.93. The normalized spacial score (nSPS) is 20.3. The summed E-state index contributed by atoms with van der Waals surface area (Å²) in [5.41, 5.74) is 1.07. The van der Waals surface area contributed by atoms with E-state index in [1.165, 1.54) is 19.3 Å². The van der Waals surface area contributed by atoms with Crippen LogP contribution in [0, 0.1) is 5.92 Å². The van der Waals surface area contributed by atoms with Crippen molar-refractivity contribution < 1.29 is 5.11 Å². The van der Waals surface area contributed by atoms with E-state index in [1.807, 2.05) is 0 Å². The Balaban J connectivity index is 2.16. The van der Waals surface area contributed by atoms with Gasteiger partial charge in [0.1, 0.15) is 0 Å². The SMILES string of the molecule is CCCC1CCN(c2nc(C(C)(C)C)c(CO)s2)C1. The topological polar surface area (TPSA) is 36.4 Å². The number of aromatic nitrogens is 1. The maximum atomic E-state index is 9.53. The third-order valence-corrected chi connectivity index (χ3v) is 4.89. The predicted octanol–water partition coefficient (Wildman–Crippen LogP) is 3.56. The first kappa shape index (κ1) is 14.8. The molecule has 1 aliphatic heterocycles. The molecule has 0 saturated carbocycles. The van der Waals surface area contributed by atoms with Gasteiger partial charge in [-0.1, -0.05) is 45.5 Å². The van der Waals surface area contributed by atoms with Crippen molar-refractivity contribution in [1.82, 2.24) is 4.98 Å². The number of hydrogen-bond donors (Lipinski definition) is 1. The highest BCUT2D eigenvalue weighted by atomic mass is 32.1. The molecule has 1 fully saturated rings. The van der Waals surface area contributed by atoms with Gasteiger partial charge in [-0.2, -0.15) is 0 Å². The summed E-state index contributed by atoms with van der Waals surface area (Å²) in [5.74, 6) is 0.824. The van der Waals surface area contributed by atoms with E-state index in [4.69, 9.17) is 4.98 Å². The van der Waals surface area contributed by atoms with Gasteiger partial charge in [0.25, 0.3) is 0 Å². The second-order valence-electron chi connectivity index (χ2n) is 6.57. The van der Waals surface area contributed by atoms with E-state index < -0.39 is 0 Å². The monoisotopic (exact) mass is 282 g/mol. The molecule has 0 amide bonds. The quantitative estimate of drug-likeness (QED) is 0.917. The van der Waals surface area contributed by atoms with E-state index in [-0.39, 0.29) is 12.0 Å². The summed E-state index contributed by atoms with van der Waals surface area (Å²) in [6.07, 6.45) is 3.87. The van der Waals surface area contributed by atoms with E-state index in [9.17, 15) is 5.11 Å². The van der Waals surface area contributed by atoms with Crippen molar-refractivity contribution in [3.63, 3.8) is 0 Å². The Morgan fingerprint density at radius 2 is 2.16 bits per heavy atom. The molecule has 1 atom stereocenters. The molecule has 1 aromatic heterocycles. The van der Waals surface area contributed by atoms with Crippen molar-refractivity contribution in [2.24, 2.45) is 5.92 Å².